The van der Waals surface area contributed by atoms with Crippen LogP contribution >= 0.6 is 0 Å². The Morgan fingerprint density at radius 2 is 0.614 bits per heavy atom. The lowest BCUT2D eigenvalue weighted by Crippen LogP contribution is -2.36. The summed E-state index contributed by atoms with van der Waals surface area (Å²) in [5.41, 5.74) is 20.3. The Balaban J connectivity index is 0.000000282. The number of allylic oxidation sites excluding steroid dienone is 18. The standard InChI is InChI=1S/C28H42O2.2C27H40O2/c1-20(2)11-8-12-21(3)13-9-14-22(4)15-10-17-28(7)18-16-25-19-26(29)23(5)24(6)27(25)30-28;2*1-20(2)10-7-11-21(3)12-8-13-22(4)14-9-16-27(6)17-15-24-19-25(28)18-23(5)26(24)29-27/h11,13,15,19,29H,8-10,12,14,16-18H2,1-7H3;2*10,12,14,18-19,28H,7-9,11,13,15-17H2,1-6H3/b21-13+,22-15+;2*21-12+,22-14+. The van der Waals surface area contributed by atoms with Crippen LogP contribution in [-0.4, -0.2) is 32.1 Å². The smallest absolute Gasteiger partial charge is 0.126 e. The second-order valence-electron chi connectivity index (χ2n) is 28.3. The molecule has 0 fully saturated rings. The monoisotopic (exact) mass is 1200 g/mol. The van der Waals surface area contributed by atoms with E-state index in [1.54, 1.807) is 12.1 Å². The molecular formula is C82H122O6. The van der Waals surface area contributed by atoms with Gasteiger partial charge in [-0.15, -0.1) is 0 Å². The number of aromatic hydroxyl groups is 3. The minimum atomic E-state index is -0.126. The minimum absolute atomic E-state index is 0.118. The van der Waals surface area contributed by atoms with Crippen LogP contribution in [0.4, 0.5) is 0 Å². The molecule has 0 radical (unpaired) electrons. The van der Waals surface area contributed by atoms with E-state index >= 15 is 0 Å². The van der Waals surface area contributed by atoms with E-state index in [2.05, 4.69) is 165 Å². The molecule has 3 N–H and O–H groups in total. The molecule has 0 aliphatic carbocycles. The van der Waals surface area contributed by atoms with E-state index in [1.807, 2.05) is 39.0 Å². The van der Waals surface area contributed by atoms with Crippen LogP contribution in [-0.2, 0) is 19.3 Å². The Kier molecular flexibility index (Phi) is 31.1. The average molecular weight is 1200 g/mol. The van der Waals surface area contributed by atoms with Gasteiger partial charge < -0.3 is 29.5 Å². The number of phenols is 3. The van der Waals surface area contributed by atoms with Gasteiger partial charge in [-0.05, 0) is 355 Å². The molecule has 3 unspecified atom stereocenters. The molecule has 0 aromatic heterocycles. The predicted molar refractivity (Wildman–Crippen MR) is 379 cm³/mol. The SMILES string of the molecule is CC(C)=CCC/C(C)=C/CC/C(C)=C/CCC1(C)CCc2cc(O)c(C)c(C)c2O1.CC(C)=CCC/C(C)=C/CC/C(C)=C/CCC1(C)CCc2cc(O)cc(C)c2O1.CC(C)=CCC/C(C)=C/CC/C(C)=C/CCC1(C)CCc2cc(O)cc(C)c2O1. The molecule has 3 heterocycles. The van der Waals surface area contributed by atoms with E-state index in [0.29, 0.717) is 17.2 Å². The number of hydrogen-bond acceptors (Lipinski definition) is 6. The van der Waals surface area contributed by atoms with Gasteiger partial charge in [-0.3, -0.25) is 0 Å². The van der Waals surface area contributed by atoms with Gasteiger partial charge in [-0.2, -0.15) is 0 Å². The molecule has 0 amide bonds. The summed E-state index contributed by atoms with van der Waals surface area (Å²) in [5.74, 6) is 4.02. The molecule has 3 atom stereocenters. The first kappa shape index (κ1) is 74.6. The highest BCUT2D eigenvalue weighted by Gasteiger charge is 2.35. The maximum Gasteiger partial charge on any atom is 0.126 e. The van der Waals surface area contributed by atoms with Gasteiger partial charge >= 0.3 is 0 Å². The van der Waals surface area contributed by atoms with Crippen LogP contribution in [0, 0.1) is 27.7 Å². The molecule has 3 aliphatic heterocycles. The molecule has 6 heteroatoms. The van der Waals surface area contributed by atoms with Crippen LogP contribution in [0.3, 0.4) is 0 Å². The number of rotatable bonds is 27. The molecule has 0 bridgehead atoms. The Hall–Kier alpha value is -5.88. The summed E-state index contributed by atoms with van der Waals surface area (Å²) < 4.78 is 19.3. The van der Waals surface area contributed by atoms with Crippen LogP contribution in [0.2, 0.25) is 0 Å². The zero-order valence-electron chi connectivity index (χ0n) is 59.1. The maximum atomic E-state index is 10.1. The second kappa shape index (κ2) is 36.7. The molecule has 0 saturated carbocycles. The molecule has 6 nitrogen and oxygen atoms in total. The summed E-state index contributed by atoms with van der Waals surface area (Å²) in [4.78, 5) is 0. The maximum absolute atomic E-state index is 10.1. The highest BCUT2D eigenvalue weighted by molar-refractivity contribution is 5.53. The van der Waals surface area contributed by atoms with Crippen molar-refractivity contribution in [3.63, 3.8) is 0 Å². The van der Waals surface area contributed by atoms with Crippen molar-refractivity contribution in [2.75, 3.05) is 0 Å². The Labute approximate surface area is 537 Å². The molecule has 486 valence electrons. The molecular weight excluding hydrogens is 1080 g/mol. The fourth-order valence-electron chi connectivity index (χ4n) is 12.1. The van der Waals surface area contributed by atoms with Crippen LogP contribution in [0.25, 0.3) is 0 Å². The lowest BCUT2D eigenvalue weighted by Gasteiger charge is -2.37. The van der Waals surface area contributed by atoms with Gasteiger partial charge in [0.05, 0.1) is 0 Å². The average Bonchev–Trinajstić information content (AvgIpc) is 2.09. The van der Waals surface area contributed by atoms with Crippen molar-refractivity contribution in [3.05, 3.63) is 174 Å². The highest BCUT2D eigenvalue weighted by atomic mass is 16.5. The first-order chi connectivity index (χ1) is 41.5. The van der Waals surface area contributed by atoms with E-state index in [0.717, 1.165) is 191 Å². The molecule has 3 aromatic rings. The van der Waals surface area contributed by atoms with Gasteiger partial charge in [0.25, 0.3) is 0 Å². The van der Waals surface area contributed by atoms with Crippen LogP contribution in [0.15, 0.2) is 135 Å². The van der Waals surface area contributed by atoms with Crippen molar-refractivity contribution < 1.29 is 29.5 Å². The highest BCUT2D eigenvalue weighted by Crippen LogP contribution is 2.44. The molecule has 88 heavy (non-hydrogen) atoms. The first-order valence-corrected chi connectivity index (χ1v) is 33.9. The van der Waals surface area contributed by atoms with Crippen LogP contribution in [0.5, 0.6) is 34.5 Å². The van der Waals surface area contributed by atoms with E-state index in [-0.39, 0.29) is 16.8 Å². The first-order valence-electron chi connectivity index (χ1n) is 33.9. The zero-order chi connectivity index (χ0) is 65.2. The number of phenolic OH excluding ortho intramolecular Hbond substituents is 3. The van der Waals surface area contributed by atoms with Crippen LogP contribution in [0.1, 0.15) is 278 Å². The van der Waals surface area contributed by atoms with Crippen LogP contribution < -0.4 is 14.2 Å². The quantitative estimate of drug-likeness (QED) is 0.0659. The molecule has 3 aliphatic rings. The fourth-order valence-corrected chi connectivity index (χ4v) is 12.1. The third-order valence-corrected chi connectivity index (χ3v) is 18.2. The van der Waals surface area contributed by atoms with Crippen molar-refractivity contribution in [1.29, 1.82) is 0 Å². The van der Waals surface area contributed by atoms with Gasteiger partial charge in [0.2, 0.25) is 0 Å². The third-order valence-electron chi connectivity index (χ3n) is 18.2. The van der Waals surface area contributed by atoms with E-state index in [4.69, 9.17) is 14.2 Å². The van der Waals surface area contributed by atoms with Gasteiger partial charge in [-0.25, -0.2) is 0 Å². The van der Waals surface area contributed by atoms with Crippen molar-refractivity contribution in [3.8, 4) is 34.5 Å². The number of benzene rings is 3. The van der Waals surface area contributed by atoms with E-state index < -0.39 is 0 Å². The Morgan fingerprint density at radius 3 is 0.909 bits per heavy atom. The van der Waals surface area contributed by atoms with Crippen molar-refractivity contribution in [2.24, 2.45) is 0 Å². The summed E-state index contributed by atoms with van der Waals surface area (Å²) in [7, 11) is 0. The summed E-state index contributed by atoms with van der Waals surface area (Å²) in [6.45, 7) is 41.2. The van der Waals surface area contributed by atoms with E-state index in [1.165, 1.54) is 69.4 Å². The lowest BCUT2D eigenvalue weighted by molar-refractivity contribution is 0.0558. The van der Waals surface area contributed by atoms with Gasteiger partial charge in [0.15, 0.2) is 0 Å². The zero-order valence-corrected chi connectivity index (χ0v) is 59.1. The minimum Gasteiger partial charge on any atom is -0.508 e. The van der Waals surface area contributed by atoms with E-state index in [9.17, 15) is 15.3 Å². The number of aryl methyl sites for hydroxylation is 5. The number of hydrogen-bond donors (Lipinski definition) is 3. The molecule has 0 saturated heterocycles. The largest absolute Gasteiger partial charge is 0.508 e. The topological polar surface area (TPSA) is 88.4 Å². The number of ether oxygens (including phenoxy) is 3. The van der Waals surface area contributed by atoms with Crippen molar-refractivity contribution in [2.45, 2.75) is 302 Å². The second-order valence-corrected chi connectivity index (χ2v) is 28.3. The van der Waals surface area contributed by atoms with Crippen molar-refractivity contribution in [1.82, 2.24) is 0 Å². The summed E-state index contributed by atoms with van der Waals surface area (Å²) in [5, 5.41) is 29.7. The van der Waals surface area contributed by atoms with Gasteiger partial charge in [0.1, 0.15) is 51.3 Å². The summed E-state index contributed by atoms with van der Waals surface area (Å²) in [6.07, 6.45) is 47.3. The van der Waals surface area contributed by atoms with Crippen molar-refractivity contribution >= 4 is 0 Å². The molecule has 0 spiro atoms. The lowest BCUT2D eigenvalue weighted by atomic mass is 9.87. The summed E-state index contributed by atoms with van der Waals surface area (Å²) >= 11 is 0. The Morgan fingerprint density at radius 1 is 0.352 bits per heavy atom. The van der Waals surface area contributed by atoms with Gasteiger partial charge in [0, 0.05) is 0 Å². The molecule has 6 rings (SSSR count). The molecule has 3 aromatic carbocycles. The Bertz CT molecular complexity index is 2890. The summed E-state index contributed by atoms with van der Waals surface area (Å²) in [6, 6.07) is 9.17. The van der Waals surface area contributed by atoms with Gasteiger partial charge in [-0.1, -0.05) is 105 Å². The number of fused-ring (bicyclic) bond motifs is 3. The predicted octanol–water partition coefficient (Wildman–Crippen LogP) is 24.3. The normalized spacial score (nSPS) is 19.4. The fraction of sp³-hybridized carbons (Fsp3) is 0.561. The third kappa shape index (κ3) is 27.1.